The van der Waals surface area contributed by atoms with Crippen LogP contribution >= 0.6 is 24.8 Å². The number of aryl methyl sites for hydroxylation is 1. The summed E-state index contributed by atoms with van der Waals surface area (Å²) >= 11 is 0. The highest BCUT2D eigenvalue weighted by atomic mass is 35.5. The number of carbonyl (C=O) groups is 1. The number of hydrogen-bond donors (Lipinski definition) is 2. The van der Waals surface area contributed by atoms with Gasteiger partial charge in [-0.3, -0.25) is 4.79 Å². The Balaban J connectivity index is 0.00000364. The van der Waals surface area contributed by atoms with Gasteiger partial charge in [0.1, 0.15) is 5.75 Å². The predicted octanol–water partition coefficient (Wildman–Crippen LogP) is 1.00. The smallest absolute Gasteiger partial charge is 0.277 e. The average molecular weight is 463 g/mol. The van der Waals surface area contributed by atoms with E-state index in [-0.39, 0.29) is 37.9 Å². The molecule has 1 aromatic carbocycles. The summed E-state index contributed by atoms with van der Waals surface area (Å²) in [6.45, 7) is 1.56. The second-order valence-corrected chi connectivity index (χ2v) is 8.29. The van der Waals surface area contributed by atoms with Gasteiger partial charge in [-0.05, 0) is 24.6 Å². The molecule has 1 aromatic rings. The zero-order valence-corrected chi connectivity index (χ0v) is 17.9. The number of amides is 1. The van der Waals surface area contributed by atoms with Crippen molar-refractivity contribution in [2.75, 3.05) is 49.9 Å². The van der Waals surface area contributed by atoms with Crippen LogP contribution in [0.15, 0.2) is 24.3 Å². The molecule has 0 bridgehead atoms. The van der Waals surface area contributed by atoms with E-state index in [1.165, 1.54) is 4.31 Å². The maximum Gasteiger partial charge on any atom is 0.277 e. The maximum absolute atomic E-state index is 13.0. The Hall–Kier alpha value is -1.20. The number of piperazine rings is 1. The van der Waals surface area contributed by atoms with Crippen molar-refractivity contribution in [2.45, 2.75) is 12.8 Å². The van der Waals surface area contributed by atoms with E-state index in [9.17, 15) is 22.0 Å². The molecule has 0 radical (unpaired) electrons. The number of alkyl halides is 2. The number of benzene rings is 1. The molecule has 1 aliphatic heterocycles. The largest absolute Gasteiger partial charge is 0.369 e. The van der Waals surface area contributed by atoms with Crippen LogP contribution in [0.1, 0.15) is 5.56 Å². The number of nitrogens with zero attached hydrogens (tertiary/aromatic N) is 2. The van der Waals surface area contributed by atoms with Gasteiger partial charge in [0, 0.05) is 31.9 Å². The molecule has 12 heteroatoms. The molecule has 0 aromatic heterocycles. The summed E-state index contributed by atoms with van der Waals surface area (Å²) in [6.07, 6.45) is 0. The van der Waals surface area contributed by atoms with Crippen LogP contribution in [-0.2, 0) is 14.8 Å². The number of hydrogen-bond acceptors (Lipinski definition) is 5. The summed E-state index contributed by atoms with van der Waals surface area (Å²) in [7, 11) is -3.85. The van der Waals surface area contributed by atoms with E-state index in [1.807, 2.05) is 36.5 Å². The van der Waals surface area contributed by atoms with Crippen LogP contribution in [-0.4, -0.2) is 69.6 Å². The normalized spacial score (nSPS) is 15.4. The summed E-state index contributed by atoms with van der Waals surface area (Å²) < 4.78 is 51.9. The molecular formula is C16H26Cl2F2N4O3S. The van der Waals surface area contributed by atoms with Crippen LogP contribution in [0.4, 0.5) is 14.5 Å². The first kappa shape index (κ1) is 26.8. The number of anilines is 1. The zero-order chi connectivity index (χ0) is 19.4. The number of rotatable bonds is 7. The van der Waals surface area contributed by atoms with E-state index >= 15 is 0 Å². The van der Waals surface area contributed by atoms with Crippen LogP contribution in [0.3, 0.4) is 0 Å². The van der Waals surface area contributed by atoms with Gasteiger partial charge in [0.15, 0.2) is 0 Å². The molecule has 0 aliphatic carbocycles. The summed E-state index contributed by atoms with van der Waals surface area (Å²) in [5, 5.41) is 1.92. The molecule has 0 spiro atoms. The van der Waals surface area contributed by atoms with Gasteiger partial charge in [0.25, 0.3) is 5.92 Å². The Morgan fingerprint density at radius 1 is 1.21 bits per heavy atom. The first-order valence-corrected chi connectivity index (χ1v) is 9.88. The van der Waals surface area contributed by atoms with Gasteiger partial charge in [0.05, 0.1) is 13.1 Å². The van der Waals surface area contributed by atoms with Crippen molar-refractivity contribution < 1.29 is 22.0 Å². The quantitative estimate of drug-likeness (QED) is 0.629. The fourth-order valence-electron chi connectivity index (χ4n) is 2.66. The monoisotopic (exact) mass is 462 g/mol. The highest BCUT2D eigenvalue weighted by Crippen LogP contribution is 2.19. The van der Waals surface area contributed by atoms with E-state index in [0.29, 0.717) is 13.1 Å². The molecule has 0 saturated carbocycles. The first-order chi connectivity index (χ1) is 12.1. The Labute approximate surface area is 176 Å². The van der Waals surface area contributed by atoms with Gasteiger partial charge in [-0.1, -0.05) is 12.1 Å². The van der Waals surface area contributed by atoms with Crippen LogP contribution < -0.4 is 16.0 Å². The molecule has 1 heterocycles. The van der Waals surface area contributed by atoms with Crippen molar-refractivity contribution in [3.63, 3.8) is 0 Å². The lowest BCUT2D eigenvalue weighted by atomic mass is 10.2. The fraction of sp³-hybridized carbons (Fsp3) is 0.562. The lowest BCUT2D eigenvalue weighted by molar-refractivity contribution is -0.120. The molecule has 7 nitrogen and oxygen atoms in total. The van der Waals surface area contributed by atoms with Gasteiger partial charge >= 0.3 is 0 Å². The van der Waals surface area contributed by atoms with Crippen molar-refractivity contribution in [3.05, 3.63) is 29.8 Å². The molecule has 0 unspecified atom stereocenters. The van der Waals surface area contributed by atoms with E-state index < -0.39 is 40.7 Å². The van der Waals surface area contributed by atoms with Crippen LogP contribution in [0.25, 0.3) is 0 Å². The standard InChI is InChI=1S/C16H24F2N4O3S.2ClH/c1-13-3-2-4-14(9-13)21-5-7-22(8-6-21)26(24,25)10-15(23)20-12-16(17,18)11-19;;/h2-4,9H,5-8,10-12,19H2,1H3,(H,20,23);2*1H. The third-order valence-electron chi connectivity index (χ3n) is 4.16. The van der Waals surface area contributed by atoms with E-state index in [1.54, 1.807) is 0 Å². The number of nitrogens with one attached hydrogen (secondary N) is 1. The Morgan fingerprint density at radius 2 is 1.82 bits per heavy atom. The number of halogens is 4. The molecule has 1 amide bonds. The first-order valence-electron chi connectivity index (χ1n) is 8.27. The molecule has 28 heavy (non-hydrogen) atoms. The molecule has 1 saturated heterocycles. The van der Waals surface area contributed by atoms with E-state index in [4.69, 9.17) is 5.73 Å². The van der Waals surface area contributed by atoms with Crippen molar-refractivity contribution in [1.29, 1.82) is 0 Å². The number of nitrogens with two attached hydrogens (primary N) is 1. The van der Waals surface area contributed by atoms with E-state index in [2.05, 4.69) is 4.90 Å². The second-order valence-electron chi connectivity index (χ2n) is 6.32. The minimum Gasteiger partial charge on any atom is -0.369 e. The molecule has 3 N–H and O–H groups in total. The van der Waals surface area contributed by atoms with Crippen LogP contribution in [0.2, 0.25) is 0 Å². The molecule has 1 aliphatic rings. The van der Waals surface area contributed by atoms with Crippen LogP contribution in [0, 0.1) is 6.92 Å². The summed E-state index contributed by atoms with van der Waals surface area (Å²) in [5.74, 6) is -5.06. The lowest BCUT2D eigenvalue weighted by Crippen LogP contribution is -2.51. The Morgan fingerprint density at radius 3 is 2.36 bits per heavy atom. The van der Waals surface area contributed by atoms with Crippen molar-refractivity contribution >= 4 is 46.4 Å². The second kappa shape index (κ2) is 11.1. The SMILES string of the molecule is Cc1cccc(N2CCN(S(=O)(=O)CC(=O)NCC(F)(F)CN)CC2)c1.Cl.Cl. The Kier molecular flexibility index (Phi) is 10.6. The number of sulfonamides is 1. The van der Waals surface area contributed by atoms with Crippen molar-refractivity contribution in [2.24, 2.45) is 5.73 Å². The maximum atomic E-state index is 13.0. The topological polar surface area (TPSA) is 95.7 Å². The third-order valence-corrected chi connectivity index (χ3v) is 5.93. The molecule has 2 rings (SSSR count). The minimum atomic E-state index is -3.85. The van der Waals surface area contributed by atoms with Crippen molar-refractivity contribution in [1.82, 2.24) is 9.62 Å². The fourth-order valence-corrected chi connectivity index (χ4v) is 3.99. The molecule has 0 atom stereocenters. The minimum absolute atomic E-state index is 0. The number of carbonyl (C=O) groups excluding carboxylic acids is 1. The summed E-state index contributed by atoms with van der Waals surface area (Å²) in [6, 6.07) is 7.91. The van der Waals surface area contributed by atoms with Gasteiger partial charge in [0.2, 0.25) is 15.9 Å². The third kappa shape index (κ3) is 7.67. The van der Waals surface area contributed by atoms with Crippen molar-refractivity contribution in [3.8, 4) is 0 Å². The average Bonchev–Trinajstić information content (AvgIpc) is 2.60. The molecular weight excluding hydrogens is 437 g/mol. The predicted molar refractivity (Wildman–Crippen MR) is 110 cm³/mol. The highest BCUT2D eigenvalue weighted by molar-refractivity contribution is 7.89. The molecule has 1 fully saturated rings. The lowest BCUT2D eigenvalue weighted by Gasteiger charge is -2.35. The summed E-state index contributed by atoms with van der Waals surface area (Å²) in [4.78, 5) is 13.8. The van der Waals surface area contributed by atoms with Crippen LogP contribution in [0.5, 0.6) is 0 Å². The van der Waals surface area contributed by atoms with Gasteiger partial charge < -0.3 is 16.0 Å². The van der Waals surface area contributed by atoms with E-state index in [0.717, 1.165) is 11.3 Å². The van der Waals surface area contributed by atoms with Gasteiger partial charge in [-0.25, -0.2) is 17.2 Å². The Bertz CT molecular complexity index is 745. The van der Waals surface area contributed by atoms with Gasteiger partial charge in [-0.2, -0.15) is 4.31 Å². The van der Waals surface area contributed by atoms with Gasteiger partial charge in [-0.15, -0.1) is 24.8 Å². The highest BCUT2D eigenvalue weighted by Gasteiger charge is 2.31. The zero-order valence-electron chi connectivity index (χ0n) is 15.4. The molecule has 162 valence electrons. The summed E-state index contributed by atoms with van der Waals surface area (Å²) in [5.41, 5.74) is 7.01.